The van der Waals surface area contributed by atoms with E-state index in [-0.39, 0.29) is 12.2 Å². The molecule has 0 bridgehead atoms. The van der Waals surface area contributed by atoms with Crippen molar-refractivity contribution in [2.45, 2.75) is 59.2 Å². The zero-order valence-corrected chi connectivity index (χ0v) is 13.6. The molecule has 4 nitrogen and oxygen atoms in total. The fourth-order valence-corrected chi connectivity index (χ4v) is 3.53. The van der Waals surface area contributed by atoms with E-state index in [9.17, 15) is 4.79 Å². The number of hydrogen-bond donors (Lipinski definition) is 1. The van der Waals surface area contributed by atoms with E-state index in [2.05, 4.69) is 37.9 Å². The van der Waals surface area contributed by atoms with Gasteiger partial charge in [0.2, 0.25) is 5.91 Å². The molecular formula is C16H31N3O. The van der Waals surface area contributed by atoms with Crippen molar-refractivity contribution in [2.24, 2.45) is 11.8 Å². The highest BCUT2D eigenvalue weighted by molar-refractivity contribution is 5.84. The molecule has 2 rings (SSSR count). The molecule has 3 unspecified atom stereocenters. The molecule has 2 heterocycles. The molecule has 1 N–H and O–H groups in total. The van der Waals surface area contributed by atoms with E-state index >= 15 is 0 Å². The lowest BCUT2D eigenvalue weighted by Crippen LogP contribution is -2.40. The van der Waals surface area contributed by atoms with Crippen LogP contribution in [0.5, 0.6) is 0 Å². The summed E-state index contributed by atoms with van der Waals surface area (Å²) in [6, 6.07) is 0.0315. The number of likely N-dealkylation sites (tertiary alicyclic amines) is 1. The summed E-state index contributed by atoms with van der Waals surface area (Å²) in [5.74, 6) is 1.42. The summed E-state index contributed by atoms with van der Waals surface area (Å²) in [4.78, 5) is 17.1. The Morgan fingerprint density at radius 1 is 1.20 bits per heavy atom. The van der Waals surface area contributed by atoms with Crippen LogP contribution in [0.3, 0.4) is 0 Å². The lowest BCUT2D eigenvalue weighted by molar-refractivity contribution is -0.130. The fourth-order valence-electron chi connectivity index (χ4n) is 3.53. The Morgan fingerprint density at radius 3 is 2.45 bits per heavy atom. The Labute approximate surface area is 123 Å². The lowest BCUT2D eigenvalue weighted by Gasteiger charge is -2.27. The monoisotopic (exact) mass is 281 g/mol. The largest absolute Gasteiger partial charge is 0.326 e. The molecule has 0 radical (unpaired) electrons. The number of carbonyl (C=O) groups excluding carboxylic acids is 1. The van der Waals surface area contributed by atoms with Gasteiger partial charge in [0, 0.05) is 13.1 Å². The lowest BCUT2D eigenvalue weighted by atomic mass is 10.0. The van der Waals surface area contributed by atoms with Crippen molar-refractivity contribution in [2.75, 3.05) is 26.2 Å². The Balaban J connectivity index is 1.83. The summed E-state index contributed by atoms with van der Waals surface area (Å²) in [5, 5.41) is 3.45. The maximum atomic E-state index is 12.5. The number of hydrogen-bond acceptors (Lipinski definition) is 3. The van der Waals surface area contributed by atoms with Crippen LogP contribution in [0.15, 0.2) is 0 Å². The highest BCUT2D eigenvalue weighted by Crippen LogP contribution is 2.19. The summed E-state index contributed by atoms with van der Waals surface area (Å²) >= 11 is 0. The van der Waals surface area contributed by atoms with Gasteiger partial charge in [-0.2, -0.15) is 0 Å². The predicted molar refractivity (Wildman–Crippen MR) is 82.4 cm³/mol. The second-order valence-electron chi connectivity index (χ2n) is 7.13. The van der Waals surface area contributed by atoms with Crippen molar-refractivity contribution in [3.8, 4) is 0 Å². The Kier molecular flexibility index (Phi) is 5.44. The second kappa shape index (κ2) is 6.90. The summed E-state index contributed by atoms with van der Waals surface area (Å²) < 4.78 is 0. The first-order chi connectivity index (χ1) is 9.47. The van der Waals surface area contributed by atoms with E-state index in [1.165, 1.54) is 25.9 Å². The van der Waals surface area contributed by atoms with Gasteiger partial charge in [0.25, 0.3) is 0 Å². The van der Waals surface area contributed by atoms with Crippen LogP contribution in [-0.2, 0) is 4.79 Å². The molecule has 2 aliphatic heterocycles. The number of carbonyl (C=O) groups is 1. The highest BCUT2D eigenvalue weighted by Gasteiger charge is 2.37. The fraction of sp³-hybridized carbons (Fsp3) is 0.938. The van der Waals surface area contributed by atoms with Crippen molar-refractivity contribution < 1.29 is 4.79 Å². The first-order valence-electron chi connectivity index (χ1n) is 8.26. The zero-order chi connectivity index (χ0) is 14.7. The van der Waals surface area contributed by atoms with Crippen LogP contribution >= 0.6 is 0 Å². The Hall–Kier alpha value is -0.610. The molecular weight excluding hydrogens is 250 g/mol. The molecule has 0 aromatic rings. The molecule has 0 aromatic carbocycles. The third kappa shape index (κ3) is 3.95. The standard InChI is InChI=1S/C16H31N3O/c1-12(2)9-15-16(20)19(14(4)17-15)11-13(3)10-18-7-5-6-8-18/h12-15,17H,5-11H2,1-4H3. The van der Waals surface area contributed by atoms with E-state index in [0.29, 0.717) is 17.7 Å². The Bertz CT molecular complexity index is 326. The first-order valence-corrected chi connectivity index (χ1v) is 8.26. The first kappa shape index (κ1) is 15.8. The SMILES string of the molecule is CC(C)CC1NC(C)N(CC(C)CN2CCCC2)C1=O. The summed E-state index contributed by atoms with van der Waals surface area (Å²) in [7, 11) is 0. The number of nitrogens with zero attached hydrogens (tertiary/aromatic N) is 2. The minimum Gasteiger partial charge on any atom is -0.326 e. The summed E-state index contributed by atoms with van der Waals surface area (Å²) in [6.07, 6.45) is 3.81. The summed E-state index contributed by atoms with van der Waals surface area (Å²) in [6.45, 7) is 13.2. The molecule has 0 spiro atoms. The maximum absolute atomic E-state index is 12.5. The van der Waals surface area contributed by atoms with Gasteiger partial charge in [-0.25, -0.2) is 0 Å². The van der Waals surface area contributed by atoms with Crippen LogP contribution in [-0.4, -0.2) is 54.1 Å². The van der Waals surface area contributed by atoms with E-state index in [1.807, 2.05) is 4.90 Å². The van der Waals surface area contributed by atoms with E-state index in [1.54, 1.807) is 0 Å². The van der Waals surface area contributed by atoms with E-state index in [4.69, 9.17) is 0 Å². The minimum atomic E-state index is 0.0315. The van der Waals surface area contributed by atoms with Crippen molar-refractivity contribution in [3.63, 3.8) is 0 Å². The predicted octanol–water partition coefficient (Wildman–Crippen LogP) is 1.91. The molecule has 0 saturated carbocycles. The molecule has 2 saturated heterocycles. The molecule has 1 amide bonds. The van der Waals surface area contributed by atoms with E-state index < -0.39 is 0 Å². The normalized spacial score (nSPS) is 29.6. The smallest absolute Gasteiger partial charge is 0.241 e. The van der Waals surface area contributed by atoms with Gasteiger partial charge in [0.1, 0.15) is 0 Å². The molecule has 20 heavy (non-hydrogen) atoms. The van der Waals surface area contributed by atoms with Crippen molar-refractivity contribution >= 4 is 5.91 Å². The molecule has 3 atom stereocenters. The van der Waals surface area contributed by atoms with Crippen LogP contribution in [0.25, 0.3) is 0 Å². The van der Waals surface area contributed by atoms with Gasteiger partial charge in [-0.05, 0) is 51.1 Å². The number of rotatable bonds is 6. The van der Waals surface area contributed by atoms with Crippen LogP contribution in [0.1, 0.15) is 47.0 Å². The van der Waals surface area contributed by atoms with Crippen molar-refractivity contribution in [1.29, 1.82) is 0 Å². The Morgan fingerprint density at radius 2 is 1.85 bits per heavy atom. The number of nitrogens with one attached hydrogen (secondary N) is 1. The van der Waals surface area contributed by atoms with Gasteiger partial charge in [0.15, 0.2) is 0 Å². The molecule has 2 fully saturated rings. The number of amides is 1. The van der Waals surface area contributed by atoms with E-state index in [0.717, 1.165) is 19.5 Å². The second-order valence-corrected chi connectivity index (χ2v) is 7.13. The molecule has 4 heteroatoms. The van der Waals surface area contributed by atoms with Crippen LogP contribution < -0.4 is 5.32 Å². The third-order valence-corrected chi connectivity index (χ3v) is 4.48. The van der Waals surface area contributed by atoms with Gasteiger partial charge in [-0.15, -0.1) is 0 Å². The zero-order valence-electron chi connectivity index (χ0n) is 13.6. The molecule has 0 aliphatic carbocycles. The summed E-state index contributed by atoms with van der Waals surface area (Å²) in [5.41, 5.74) is 0. The molecule has 116 valence electrons. The van der Waals surface area contributed by atoms with Gasteiger partial charge >= 0.3 is 0 Å². The average Bonchev–Trinajstić information content (AvgIpc) is 2.93. The topological polar surface area (TPSA) is 35.6 Å². The molecule has 2 aliphatic rings. The maximum Gasteiger partial charge on any atom is 0.241 e. The van der Waals surface area contributed by atoms with Crippen molar-refractivity contribution in [3.05, 3.63) is 0 Å². The average molecular weight is 281 g/mol. The van der Waals surface area contributed by atoms with Gasteiger partial charge in [-0.3, -0.25) is 10.1 Å². The van der Waals surface area contributed by atoms with Crippen LogP contribution in [0.4, 0.5) is 0 Å². The van der Waals surface area contributed by atoms with Crippen molar-refractivity contribution in [1.82, 2.24) is 15.1 Å². The van der Waals surface area contributed by atoms with Crippen LogP contribution in [0.2, 0.25) is 0 Å². The van der Waals surface area contributed by atoms with Gasteiger partial charge < -0.3 is 9.80 Å². The quantitative estimate of drug-likeness (QED) is 0.808. The molecule has 0 aromatic heterocycles. The van der Waals surface area contributed by atoms with Crippen LogP contribution in [0, 0.1) is 11.8 Å². The van der Waals surface area contributed by atoms with Gasteiger partial charge in [-0.1, -0.05) is 20.8 Å². The van der Waals surface area contributed by atoms with Gasteiger partial charge in [0.05, 0.1) is 12.2 Å². The third-order valence-electron chi connectivity index (χ3n) is 4.48. The minimum absolute atomic E-state index is 0.0315. The highest BCUT2D eigenvalue weighted by atomic mass is 16.2.